The number of anilines is 1. The van der Waals surface area contributed by atoms with Crippen molar-refractivity contribution in [3.05, 3.63) is 40.8 Å². The van der Waals surface area contributed by atoms with E-state index in [-0.39, 0.29) is 11.3 Å². The molecule has 0 radical (unpaired) electrons. The van der Waals surface area contributed by atoms with Crippen molar-refractivity contribution < 1.29 is 4.79 Å². The quantitative estimate of drug-likeness (QED) is 0.789. The van der Waals surface area contributed by atoms with Gasteiger partial charge in [-0.15, -0.1) is 11.3 Å². The second-order valence-electron chi connectivity index (χ2n) is 6.15. The molecule has 0 bridgehead atoms. The fourth-order valence-electron chi connectivity index (χ4n) is 1.94. The SMILES string of the molecule is Cc1csc(NC(=O)c2ccc3nc(C(C)(C)C)cn3n2)n1. The van der Waals surface area contributed by atoms with E-state index in [1.165, 1.54) is 11.3 Å². The largest absolute Gasteiger partial charge is 0.296 e. The van der Waals surface area contributed by atoms with Crippen molar-refractivity contribution in [1.29, 1.82) is 0 Å². The Kier molecular flexibility index (Phi) is 3.44. The van der Waals surface area contributed by atoms with Crippen LogP contribution in [-0.2, 0) is 5.41 Å². The van der Waals surface area contributed by atoms with Crippen LogP contribution in [0.25, 0.3) is 5.65 Å². The number of hydrogen-bond donors (Lipinski definition) is 1. The van der Waals surface area contributed by atoms with Gasteiger partial charge in [-0.05, 0) is 19.1 Å². The lowest BCUT2D eigenvalue weighted by atomic mass is 9.93. The molecular formula is C15H17N5OS. The maximum Gasteiger partial charge on any atom is 0.277 e. The molecule has 3 aromatic heterocycles. The summed E-state index contributed by atoms with van der Waals surface area (Å²) in [6, 6.07) is 3.47. The number of aromatic nitrogens is 4. The summed E-state index contributed by atoms with van der Waals surface area (Å²) in [5.74, 6) is -0.276. The van der Waals surface area contributed by atoms with Crippen molar-refractivity contribution in [3.63, 3.8) is 0 Å². The van der Waals surface area contributed by atoms with E-state index in [2.05, 4.69) is 41.2 Å². The van der Waals surface area contributed by atoms with Crippen molar-refractivity contribution in [2.75, 3.05) is 5.32 Å². The maximum atomic E-state index is 12.2. The van der Waals surface area contributed by atoms with E-state index < -0.39 is 0 Å². The fourth-order valence-corrected chi connectivity index (χ4v) is 2.62. The monoisotopic (exact) mass is 315 g/mol. The van der Waals surface area contributed by atoms with Crippen LogP contribution in [0.15, 0.2) is 23.7 Å². The summed E-state index contributed by atoms with van der Waals surface area (Å²) in [5.41, 5.74) is 2.82. The summed E-state index contributed by atoms with van der Waals surface area (Å²) in [5, 5.41) is 9.55. The van der Waals surface area contributed by atoms with Crippen LogP contribution in [0, 0.1) is 6.92 Å². The molecule has 0 fully saturated rings. The summed E-state index contributed by atoms with van der Waals surface area (Å²) in [4.78, 5) is 21.0. The van der Waals surface area contributed by atoms with E-state index in [0.29, 0.717) is 10.8 Å². The highest BCUT2D eigenvalue weighted by Crippen LogP contribution is 2.21. The van der Waals surface area contributed by atoms with Crippen LogP contribution in [-0.4, -0.2) is 25.5 Å². The summed E-state index contributed by atoms with van der Waals surface area (Å²) >= 11 is 1.39. The molecule has 0 aliphatic rings. The normalized spacial score (nSPS) is 11.8. The van der Waals surface area contributed by atoms with Crippen LogP contribution in [0.1, 0.15) is 42.6 Å². The smallest absolute Gasteiger partial charge is 0.277 e. The Morgan fingerprint density at radius 1 is 1.27 bits per heavy atom. The van der Waals surface area contributed by atoms with Gasteiger partial charge in [-0.1, -0.05) is 20.8 Å². The highest BCUT2D eigenvalue weighted by atomic mass is 32.1. The average molecular weight is 315 g/mol. The van der Waals surface area contributed by atoms with Crippen LogP contribution in [0.4, 0.5) is 5.13 Å². The molecule has 0 unspecified atom stereocenters. The Balaban J connectivity index is 1.89. The molecule has 0 saturated heterocycles. The third-order valence-electron chi connectivity index (χ3n) is 3.16. The van der Waals surface area contributed by atoms with Gasteiger partial charge < -0.3 is 0 Å². The first-order chi connectivity index (χ1) is 10.3. The van der Waals surface area contributed by atoms with Gasteiger partial charge in [0.2, 0.25) is 0 Å². The molecule has 114 valence electrons. The number of aryl methyl sites for hydroxylation is 1. The molecule has 0 saturated carbocycles. The number of fused-ring (bicyclic) bond motifs is 1. The maximum absolute atomic E-state index is 12.2. The van der Waals surface area contributed by atoms with Crippen molar-refractivity contribution in [2.45, 2.75) is 33.1 Å². The second-order valence-corrected chi connectivity index (χ2v) is 7.00. The fraction of sp³-hybridized carbons (Fsp3) is 0.333. The highest BCUT2D eigenvalue weighted by molar-refractivity contribution is 7.13. The molecule has 0 spiro atoms. The summed E-state index contributed by atoms with van der Waals surface area (Å²) < 4.78 is 1.64. The molecule has 0 aromatic carbocycles. The van der Waals surface area contributed by atoms with Crippen LogP contribution < -0.4 is 5.32 Å². The van der Waals surface area contributed by atoms with Crippen molar-refractivity contribution in [2.24, 2.45) is 0 Å². The number of hydrogen-bond acceptors (Lipinski definition) is 5. The van der Waals surface area contributed by atoms with Crippen molar-refractivity contribution in [3.8, 4) is 0 Å². The molecule has 3 rings (SSSR count). The Bertz CT molecular complexity index is 843. The van der Waals surface area contributed by atoms with Crippen molar-refractivity contribution >= 4 is 28.0 Å². The zero-order chi connectivity index (χ0) is 15.9. The molecule has 1 amide bonds. The number of imidazole rings is 1. The molecular weight excluding hydrogens is 298 g/mol. The van der Waals surface area contributed by atoms with Crippen LogP contribution >= 0.6 is 11.3 Å². The van der Waals surface area contributed by atoms with Crippen LogP contribution in [0.5, 0.6) is 0 Å². The molecule has 0 aliphatic heterocycles. The molecule has 6 nitrogen and oxygen atoms in total. The molecule has 1 N–H and O–H groups in total. The summed E-state index contributed by atoms with van der Waals surface area (Å²) in [6.45, 7) is 8.16. The molecule has 22 heavy (non-hydrogen) atoms. The number of nitrogens with one attached hydrogen (secondary N) is 1. The van der Waals surface area contributed by atoms with Gasteiger partial charge in [0.15, 0.2) is 10.8 Å². The number of amides is 1. The number of nitrogens with zero attached hydrogens (tertiary/aromatic N) is 4. The highest BCUT2D eigenvalue weighted by Gasteiger charge is 2.19. The standard InChI is InChI=1S/C15H17N5OS/c1-9-8-22-14(16-9)18-13(21)10-5-6-12-17-11(15(2,3)4)7-20(12)19-10/h5-8H,1-4H3,(H,16,18,21). The molecule has 3 aromatic rings. The van der Waals surface area contributed by atoms with Gasteiger partial charge in [0.05, 0.1) is 17.6 Å². The molecule has 3 heterocycles. The Morgan fingerprint density at radius 2 is 2.05 bits per heavy atom. The van der Waals surface area contributed by atoms with Gasteiger partial charge in [-0.3, -0.25) is 10.1 Å². The van der Waals surface area contributed by atoms with Gasteiger partial charge in [0, 0.05) is 10.8 Å². The van der Waals surface area contributed by atoms with Crippen molar-refractivity contribution in [1.82, 2.24) is 19.6 Å². The molecule has 7 heteroatoms. The van der Waals surface area contributed by atoms with Gasteiger partial charge in [-0.2, -0.15) is 5.10 Å². The Morgan fingerprint density at radius 3 is 2.68 bits per heavy atom. The van der Waals surface area contributed by atoms with E-state index in [9.17, 15) is 4.79 Å². The number of carbonyl (C=O) groups excluding carboxylic acids is 1. The molecule has 0 atom stereocenters. The predicted molar refractivity (Wildman–Crippen MR) is 86.5 cm³/mol. The third-order valence-corrected chi connectivity index (χ3v) is 4.04. The summed E-state index contributed by atoms with van der Waals surface area (Å²) in [6.07, 6.45) is 1.86. The van der Waals surface area contributed by atoms with Gasteiger partial charge in [0.25, 0.3) is 5.91 Å². The minimum Gasteiger partial charge on any atom is -0.296 e. The third kappa shape index (κ3) is 2.85. The summed E-state index contributed by atoms with van der Waals surface area (Å²) in [7, 11) is 0. The Labute approximate surface area is 132 Å². The minimum absolute atomic E-state index is 0.0610. The van der Waals surface area contributed by atoms with E-state index in [0.717, 1.165) is 17.0 Å². The zero-order valence-corrected chi connectivity index (χ0v) is 13.7. The van der Waals surface area contributed by atoms with Crippen LogP contribution in [0.2, 0.25) is 0 Å². The number of rotatable bonds is 2. The van der Waals surface area contributed by atoms with E-state index >= 15 is 0 Å². The van der Waals surface area contributed by atoms with Gasteiger partial charge in [-0.25, -0.2) is 14.5 Å². The first-order valence-electron chi connectivity index (χ1n) is 6.93. The lowest BCUT2D eigenvalue weighted by molar-refractivity contribution is 0.102. The number of carbonyl (C=O) groups is 1. The topological polar surface area (TPSA) is 72.2 Å². The second kappa shape index (κ2) is 5.17. The first-order valence-corrected chi connectivity index (χ1v) is 7.81. The zero-order valence-electron chi connectivity index (χ0n) is 12.9. The first kappa shape index (κ1) is 14.6. The van der Waals surface area contributed by atoms with Gasteiger partial charge in [0.1, 0.15) is 5.69 Å². The predicted octanol–water partition coefficient (Wildman–Crippen LogP) is 3.04. The minimum atomic E-state index is -0.276. The van der Waals surface area contributed by atoms with E-state index in [4.69, 9.17) is 0 Å². The van der Waals surface area contributed by atoms with Gasteiger partial charge >= 0.3 is 0 Å². The number of thiazole rings is 1. The lowest BCUT2D eigenvalue weighted by Gasteiger charge is -2.13. The van der Waals surface area contributed by atoms with E-state index in [1.807, 2.05) is 18.5 Å². The Hall–Kier alpha value is -2.28. The molecule has 0 aliphatic carbocycles. The lowest BCUT2D eigenvalue weighted by Crippen LogP contribution is -2.15. The van der Waals surface area contributed by atoms with Crippen LogP contribution in [0.3, 0.4) is 0 Å². The van der Waals surface area contributed by atoms with E-state index in [1.54, 1.807) is 16.6 Å². The average Bonchev–Trinajstić information content (AvgIpc) is 3.03.